The lowest BCUT2D eigenvalue weighted by Gasteiger charge is -2.29. The zero-order valence-electron chi connectivity index (χ0n) is 12.3. The van der Waals surface area contributed by atoms with Crippen LogP contribution >= 0.6 is 39.3 Å². The number of hydrogen-bond acceptors (Lipinski definition) is 4. The molecule has 0 aliphatic carbocycles. The minimum atomic E-state index is 0.752. The Labute approximate surface area is 147 Å². The van der Waals surface area contributed by atoms with Gasteiger partial charge >= 0.3 is 0 Å². The van der Waals surface area contributed by atoms with Gasteiger partial charge in [-0.25, -0.2) is 9.97 Å². The van der Waals surface area contributed by atoms with E-state index in [-0.39, 0.29) is 0 Å². The van der Waals surface area contributed by atoms with Crippen LogP contribution in [0.4, 0.5) is 5.82 Å². The Kier molecular flexibility index (Phi) is 4.76. The summed E-state index contributed by atoms with van der Waals surface area (Å²) in [6, 6.07) is 5.99. The third kappa shape index (κ3) is 3.03. The second kappa shape index (κ2) is 6.60. The van der Waals surface area contributed by atoms with Gasteiger partial charge in [0.15, 0.2) is 5.16 Å². The maximum absolute atomic E-state index is 6.40. The molecule has 3 nitrogen and oxygen atoms in total. The lowest BCUT2D eigenvalue weighted by Crippen LogP contribution is -2.29. The molecule has 0 radical (unpaired) electrons. The minimum Gasteiger partial charge on any atom is -0.352 e. The van der Waals surface area contributed by atoms with Gasteiger partial charge in [0.1, 0.15) is 5.82 Å². The van der Waals surface area contributed by atoms with Crippen LogP contribution in [0.3, 0.4) is 0 Å². The average Bonchev–Trinajstić information content (AvgIpc) is 2.53. The number of hydrogen-bond donors (Lipinski definition) is 0. The van der Waals surface area contributed by atoms with E-state index in [1.165, 1.54) is 5.57 Å². The van der Waals surface area contributed by atoms with Crippen LogP contribution in [0.2, 0.25) is 5.02 Å². The SMILES string of the molecule is CCN1CC(c2ccc(Br)cc2Cl)=Cc2cnc(SC)nc21. The number of likely N-dealkylation sites (N-methyl/N-ethyl adjacent to an activating group) is 1. The third-order valence-electron chi connectivity index (χ3n) is 3.61. The fourth-order valence-corrected chi connectivity index (χ4v) is 3.64. The zero-order valence-corrected chi connectivity index (χ0v) is 15.5. The van der Waals surface area contributed by atoms with E-state index in [1.807, 2.05) is 30.7 Å². The molecule has 0 amide bonds. The molecule has 114 valence electrons. The molecule has 2 heterocycles. The van der Waals surface area contributed by atoms with Crippen LogP contribution in [0.15, 0.2) is 34.0 Å². The topological polar surface area (TPSA) is 29.0 Å². The first-order chi connectivity index (χ1) is 10.6. The molecule has 0 unspecified atom stereocenters. The van der Waals surface area contributed by atoms with E-state index in [2.05, 4.69) is 43.8 Å². The molecule has 0 N–H and O–H groups in total. The molecule has 0 saturated carbocycles. The Morgan fingerprint density at radius 3 is 2.91 bits per heavy atom. The molecule has 0 saturated heterocycles. The van der Waals surface area contributed by atoms with E-state index in [9.17, 15) is 0 Å². The van der Waals surface area contributed by atoms with Crippen LogP contribution in [-0.2, 0) is 0 Å². The normalized spacial score (nSPS) is 13.8. The van der Waals surface area contributed by atoms with Crippen LogP contribution in [0.25, 0.3) is 11.6 Å². The highest BCUT2D eigenvalue weighted by molar-refractivity contribution is 9.10. The lowest BCUT2D eigenvalue weighted by molar-refractivity contribution is 0.842. The predicted octanol–water partition coefficient (Wildman–Crippen LogP) is 4.99. The van der Waals surface area contributed by atoms with E-state index in [1.54, 1.807) is 11.8 Å². The van der Waals surface area contributed by atoms with Gasteiger partial charge in [-0.2, -0.15) is 0 Å². The molecular weight excluding hydrogens is 382 g/mol. The monoisotopic (exact) mass is 395 g/mol. The Balaban J connectivity index is 2.08. The highest BCUT2D eigenvalue weighted by atomic mass is 79.9. The van der Waals surface area contributed by atoms with Crippen molar-refractivity contribution in [3.63, 3.8) is 0 Å². The van der Waals surface area contributed by atoms with Gasteiger partial charge in [0.25, 0.3) is 0 Å². The highest BCUT2D eigenvalue weighted by Crippen LogP contribution is 2.35. The zero-order chi connectivity index (χ0) is 15.7. The minimum absolute atomic E-state index is 0.752. The van der Waals surface area contributed by atoms with E-state index < -0.39 is 0 Å². The Hall–Kier alpha value is -1.04. The first-order valence-electron chi connectivity index (χ1n) is 6.94. The van der Waals surface area contributed by atoms with E-state index in [0.717, 1.165) is 44.7 Å². The summed E-state index contributed by atoms with van der Waals surface area (Å²) in [4.78, 5) is 11.3. The summed E-state index contributed by atoms with van der Waals surface area (Å²) in [6.07, 6.45) is 6.02. The van der Waals surface area contributed by atoms with Crippen molar-refractivity contribution in [3.05, 3.63) is 45.0 Å². The average molecular weight is 397 g/mol. The number of nitrogens with zero attached hydrogens (tertiary/aromatic N) is 3. The number of aromatic nitrogens is 2. The van der Waals surface area contributed by atoms with Gasteiger partial charge in [0, 0.05) is 34.3 Å². The number of rotatable bonds is 3. The number of benzene rings is 1. The highest BCUT2D eigenvalue weighted by Gasteiger charge is 2.21. The maximum atomic E-state index is 6.40. The molecule has 2 aromatic rings. The van der Waals surface area contributed by atoms with Crippen molar-refractivity contribution in [2.75, 3.05) is 24.2 Å². The summed E-state index contributed by atoms with van der Waals surface area (Å²) in [5.41, 5.74) is 3.29. The maximum Gasteiger partial charge on any atom is 0.189 e. The number of halogens is 2. The number of anilines is 1. The van der Waals surface area contributed by atoms with Gasteiger partial charge in [-0.1, -0.05) is 45.4 Å². The summed E-state index contributed by atoms with van der Waals surface area (Å²) < 4.78 is 0.985. The molecule has 3 rings (SSSR count). The molecular formula is C16H15BrClN3S. The van der Waals surface area contributed by atoms with Gasteiger partial charge in [-0.3, -0.25) is 0 Å². The molecule has 0 bridgehead atoms. The van der Waals surface area contributed by atoms with Crippen LogP contribution in [-0.4, -0.2) is 29.3 Å². The molecule has 6 heteroatoms. The fraction of sp³-hybridized carbons (Fsp3) is 0.250. The second-order valence-electron chi connectivity index (χ2n) is 4.94. The first kappa shape index (κ1) is 15.8. The fourth-order valence-electron chi connectivity index (χ4n) is 2.51. The summed E-state index contributed by atoms with van der Waals surface area (Å²) in [7, 11) is 0. The molecule has 1 aliphatic heterocycles. The van der Waals surface area contributed by atoms with Crippen molar-refractivity contribution in [1.29, 1.82) is 0 Å². The van der Waals surface area contributed by atoms with Gasteiger partial charge < -0.3 is 4.90 Å². The Morgan fingerprint density at radius 2 is 2.23 bits per heavy atom. The van der Waals surface area contributed by atoms with Crippen molar-refractivity contribution in [2.24, 2.45) is 0 Å². The van der Waals surface area contributed by atoms with E-state index in [4.69, 9.17) is 11.6 Å². The van der Waals surface area contributed by atoms with Crippen LogP contribution in [0, 0.1) is 0 Å². The molecule has 1 aromatic carbocycles. The quantitative estimate of drug-likeness (QED) is 0.539. The molecule has 1 aliphatic rings. The van der Waals surface area contributed by atoms with Gasteiger partial charge in [-0.15, -0.1) is 0 Å². The first-order valence-corrected chi connectivity index (χ1v) is 9.34. The molecule has 0 spiro atoms. The number of fused-ring (bicyclic) bond motifs is 1. The van der Waals surface area contributed by atoms with Crippen LogP contribution in [0.1, 0.15) is 18.1 Å². The van der Waals surface area contributed by atoms with Crippen molar-refractivity contribution in [3.8, 4) is 0 Å². The lowest BCUT2D eigenvalue weighted by atomic mass is 9.99. The van der Waals surface area contributed by atoms with Crippen molar-refractivity contribution in [1.82, 2.24) is 9.97 Å². The van der Waals surface area contributed by atoms with Crippen molar-refractivity contribution >= 4 is 56.8 Å². The largest absolute Gasteiger partial charge is 0.352 e. The van der Waals surface area contributed by atoms with Gasteiger partial charge in [0.2, 0.25) is 0 Å². The Morgan fingerprint density at radius 1 is 1.41 bits per heavy atom. The molecule has 1 aromatic heterocycles. The molecule has 0 fully saturated rings. The second-order valence-corrected chi connectivity index (χ2v) is 7.04. The van der Waals surface area contributed by atoms with Crippen LogP contribution < -0.4 is 4.90 Å². The summed E-state index contributed by atoms with van der Waals surface area (Å²) in [6.45, 7) is 3.83. The smallest absolute Gasteiger partial charge is 0.189 e. The summed E-state index contributed by atoms with van der Waals surface area (Å²) >= 11 is 11.4. The molecule has 22 heavy (non-hydrogen) atoms. The van der Waals surface area contributed by atoms with Gasteiger partial charge in [-0.05, 0) is 42.5 Å². The predicted molar refractivity (Wildman–Crippen MR) is 98.7 cm³/mol. The Bertz CT molecular complexity index is 748. The summed E-state index contributed by atoms with van der Waals surface area (Å²) in [5.74, 6) is 0.999. The molecule has 0 atom stereocenters. The van der Waals surface area contributed by atoms with E-state index >= 15 is 0 Å². The standard InChI is InChI=1S/C16H15BrClN3S/c1-3-21-9-11(13-5-4-12(17)7-14(13)18)6-10-8-19-16(22-2)20-15(10)21/h4-8H,3,9H2,1-2H3. The van der Waals surface area contributed by atoms with E-state index in [0.29, 0.717) is 0 Å². The van der Waals surface area contributed by atoms with Gasteiger partial charge in [0.05, 0.1) is 0 Å². The van der Waals surface area contributed by atoms with Crippen molar-refractivity contribution in [2.45, 2.75) is 12.1 Å². The number of thioether (sulfide) groups is 1. The third-order valence-corrected chi connectivity index (χ3v) is 4.97. The van der Waals surface area contributed by atoms with Crippen molar-refractivity contribution < 1.29 is 0 Å². The summed E-state index contributed by atoms with van der Waals surface area (Å²) in [5, 5.41) is 1.55. The van der Waals surface area contributed by atoms with Crippen LogP contribution in [0.5, 0.6) is 0 Å².